The monoisotopic (exact) mass is 399 g/mol. The number of para-hydroxylation sites is 3. The number of aryl methyl sites for hydroxylation is 1. The van der Waals surface area contributed by atoms with Crippen LogP contribution in [0.2, 0.25) is 0 Å². The number of hydrogen-bond donors (Lipinski definition) is 1. The molecule has 30 heavy (non-hydrogen) atoms. The van der Waals surface area contributed by atoms with Crippen molar-refractivity contribution in [3.05, 3.63) is 90.3 Å². The number of nitrogens with one attached hydrogen (secondary N) is 1. The minimum Gasteiger partial charge on any atom is -0.496 e. The van der Waals surface area contributed by atoms with Gasteiger partial charge < -0.3 is 14.6 Å². The summed E-state index contributed by atoms with van der Waals surface area (Å²) in [5.41, 5.74) is 3.02. The van der Waals surface area contributed by atoms with Crippen LogP contribution in [0, 0.1) is 0 Å². The molecule has 0 aliphatic carbocycles. The Morgan fingerprint density at radius 1 is 1.10 bits per heavy atom. The molecule has 0 aliphatic rings. The summed E-state index contributed by atoms with van der Waals surface area (Å²) in [6.07, 6.45) is 8.27. The molecule has 7 heteroatoms. The van der Waals surface area contributed by atoms with Crippen molar-refractivity contribution >= 4 is 23.0 Å². The number of hydrogen-bond acceptors (Lipinski definition) is 5. The summed E-state index contributed by atoms with van der Waals surface area (Å²) in [6, 6.07) is 14.7. The van der Waals surface area contributed by atoms with E-state index in [-0.39, 0.29) is 5.91 Å². The minimum absolute atomic E-state index is 0.274. The van der Waals surface area contributed by atoms with E-state index in [1.807, 2.05) is 66.3 Å². The topological polar surface area (TPSA) is 81.9 Å². The summed E-state index contributed by atoms with van der Waals surface area (Å²) in [5, 5.41) is 3.02. The van der Waals surface area contributed by atoms with Crippen molar-refractivity contribution in [1.29, 1.82) is 0 Å². The average Bonchev–Trinajstić information content (AvgIpc) is 3.21. The molecule has 4 rings (SSSR count). The smallest absolute Gasteiger partial charge is 0.244 e. The second-order valence-electron chi connectivity index (χ2n) is 6.70. The molecule has 2 aromatic heterocycles. The molecule has 2 heterocycles. The second kappa shape index (κ2) is 8.57. The quantitative estimate of drug-likeness (QED) is 0.503. The van der Waals surface area contributed by atoms with Crippen molar-refractivity contribution in [3.8, 4) is 5.75 Å². The summed E-state index contributed by atoms with van der Waals surface area (Å²) in [6.45, 7) is 0. The Kier molecular flexibility index (Phi) is 5.52. The highest BCUT2D eigenvalue weighted by Crippen LogP contribution is 2.29. The number of carbonyl (C=O) groups is 1. The molecule has 1 atom stereocenters. The molecule has 0 bridgehead atoms. The van der Waals surface area contributed by atoms with Crippen molar-refractivity contribution in [3.63, 3.8) is 0 Å². The Morgan fingerprint density at radius 2 is 1.87 bits per heavy atom. The van der Waals surface area contributed by atoms with Gasteiger partial charge in [-0.05, 0) is 24.3 Å². The van der Waals surface area contributed by atoms with Gasteiger partial charge in [0.25, 0.3) is 0 Å². The van der Waals surface area contributed by atoms with Crippen LogP contribution in [-0.2, 0) is 11.8 Å². The molecule has 0 spiro atoms. The first-order chi connectivity index (χ1) is 14.7. The Labute approximate surface area is 174 Å². The largest absolute Gasteiger partial charge is 0.496 e. The number of amides is 1. The number of carbonyl (C=O) groups excluding carboxylic acids is 1. The van der Waals surface area contributed by atoms with Crippen molar-refractivity contribution < 1.29 is 9.53 Å². The molecule has 1 unspecified atom stereocenters. The van der Waals surface area contributed by atoms with Crippen LogP contribution in [0.4, 0.5) is 0 Å². The molecule has 2 aromatic carbocycles. The summed E-state index contributed by atoms with van der Waals surface area (Å²) in [4.78, 5) is 26.0. The normalized spacial score (nSPS) is 12.2. The van der Waals surface area contributed by atoms with Crippen LogP contribution in [0.3, 0.4) is 0 Å². The van der Waals surface area contributed by atoms with Gasteiger partial charge in [0.2, 0.25) is 5.91 Å². The molecule has 1 amide bonds. The van der Waals surface area contributed by atoms with E-state index >= 15 is 0 Å². The SMILES string of the molecule is COc1ccccc1C(NC(=O)/C=C/c1cnc2ccccc2n1)c1nccn1C. The van der Waals surface area contributed by atoms with Crippen LogP contribution >= 0.6 is 0 Å². The van der Waals surface area contributed by atoms with E-state index in [1.54, 1.807) is 25.6 Å². The number of aromatic nitrogens is 4. The Bertz CT molecular complexity index is 1210. The molecule has 1 N–H and O–H groups in total. The fourth-order valence-corrected chi connectivity index (χ4v) is 3.24. The van der Waals surface area contributed by atoms with Crippen LogP contribution in [0.1, 0.15) is 23.1 Å². The lowest BCUT2D eigenvalue weighted by atomic mass is 10.0. The van der Waals surface area contributed by atoms with Gasteiger partial charge in [-0.15, -0.1) is 0 Å². The minimum atomic E-state index is -0.471. The molecule has 7 nitrogen and oxygen atoms in total. The lowest BCUT2D eigenvalue weighted by Crippen LogP contribution is -2.30. The van der Waals surface area contributed by atoms with E-state index in [1.165, 1.54) is 6.08 Å². The van der Waals surface area contributed by atoms with Gasteiger partial charge in [0.05, 0.1) is 30.0 Å². The molecule has 150 valence electrons. The number of nitrogens with zero attached hydrogens (tertiary/aromatic N) is 4. The molecular formula is C23H21N5O2. The van der Waals surface area contributed by atoms with Gasteiger partial charge in [-0.25, -0.2) is 9.97 Å². The number of fused-ring (bicyclic) bond motifs is 1. The number of methoxy groups -OCH3 is 1. The van der Waals surface area contributed by atoms with Gasteiger partial charge in [-0.2, -0.15) is 0 Å². The lowest BCUT2D eigenvalue weighted by Gasteiger charge is -2.20. The zero-order valence-electron chi connectivity index (χ0n) is 16.7. The van der Waals surface area contributed by atoms with Gasteiger partial charge >= 0.3 is 0 Å². The van der Waals surface area contributed by atoms with Gasteiger partial charge in [0, 0.05) is 31.1 Å². The average molecular weight is 399 g/mol. The van der Waals surface area contributed by atoms with E-state index in [9.17, 15) is 4.79 Å². The lowest BCUT2D eigenvalue weighted by molar-refractivity contribution is -0.117. The van der Waals surface area contributed by atoms with Crippen molar-refractivity contribution in [2.24, 2.45) is 7.05 Å². The Balaban J connectivity index is 1.60. The van der Waals surface area contributed by atoms with E-state index in [4.69, 9.17) is 4.74 Å². The molecule has 0 radical (unpaired) electrons. The summed E-state index contributed by atoms with van der Waals surface area (Å²) >= 11 is 0. The summed E-state index contributed by atoms with van der Waals surface area (Å²) < 4.78 is 7.36. The summed E-state index contributed by atoms with van der Waals surface area (Å²) in [7, 11) is 3.49. The first kappa shape index (κ1) is 19.3. The van der Waals surface area contributed by atoms with Gasteiger partial charge in [-0.1, -0.05) is 30.3 Å². The molecule has 4 aromatic rings. The third-order valence-corrected chi connectivity index (χ3v) is 4.73. The first-order valence-electron chi connectivity index (χ1n) is 9.46. The maximum atomic E-state index is 12.7. The molecule has 0 saturated heterocycles. The third kappa shape index (κ3) is 4.05. The van der Waals surface area contributed by atoms with Crippen LogP contribution in [0.15, 0.2) is 73.2 Å². The standard InChI is InChI=1S/C23H21N5O2/c1-28-14-13-24-23(28)22(17-7-3-6-10-20(17)30-2)27-21(29)12-11-16-15-25-18-8-4-5-9-19(18)26-16/h3-15,22H,1-2H3,(H,27,29)/b12-11+. The van der Waals surface area contributed by atoms with E-state index in [2.05, 4.69) is 20.3 Å². The maximum absolute atomic E-state index is 12.7. The van der Waals surface area contributed by atoms with Crippen molar-refractivity contribution in [2.75, 3.05) is 7.11 Å². The fourth-order valence-electron chi connectivity index (χ4n) is 3.24. The zero-order chi connectivity index (χ0) is 20.9. The van der Waals surface area contributed by atoms with Gasteiger partial charge in [0.15, 0.2) is 0 Å². The van der Waals surface area contributed by atoms with Gasteiger partial charge in [-0.3, -0.25) is 9.78 Å². The molecular weight excluding hydrogens is 378 g/mol. The number of ether oxygens (including phenoxy) is 1. The van der Waals surface area contributed by atoms with Crippen molar-refractivity contribution in [1.82, 2.24) is 24.8 Å². The van der Waals surface area contributed by atoms with Gasteiger partial charge in [0.1, 0.15) is 17.6 Å². The molecule has 0 aliphatic heterocycles. The van der Waals surface area contributed by atoms with Crippen molar-refractivity contribution in [2.45, 2.75) is 6.04 Å². The first-order valence-corrected chi connectivity index (χ1v) is 9.46. The maximum Gasteiger partial charge on any atom is 0.244 e. The molecule has 0 fully saturated rings. The number of benzene rings is 2. The number of imidazole rings is 1. The highest BCUT2D eigenvalue weighted by molar-refractivity contribution is 5.92. The van der Waals surface area contributed by atoms with E-state index in [0.717, 1.165) is 16.6 Å². The predicted molar refractivity (Wildman–Crippen MR) is 115 cm³/mol. The highest BCUT2D eigenvalue weighted by atomic mass is 16.5. The second-order valence-corrected chi connectivity index (χ2v) is 6.70. The van der Waals surface area contributed by atoms with Crippen LogP contribution < -0.4 is 10.1 Å². The summed E-state index contributed by atoms with van der Waals surface area (Å²) in [5.74, 6) is 1.10. The fraction of sp³-hybridized carbons (Fsp3) is 0.130. The van der Waals surface area contributed by atoms with E-state index in [0.29, 0.717) is 17.3 Å². The van der Waals surface area contributed by atoms with E-state index < -0.39 is 6.04 Å². The van der Waals surface area contributed by atoms with Crippen LogP contribution in [0.25, 0.3) is 17.1 Å². The number of rotatable bonds is 6. The molecule has 0 saturated carbocycles. The third-order valence-electron chi connectivity index (χ3n) is 4.73. The predicted octanol–water partition coefficient (Wildman–Crippen LogP) is 3.29. The van der Waals surface area contributed by atoms with Crippen LogP contribution in [-0.4, -0.2) is 32.5 Å². The van der Waals surface area contributed by atoms with Crippen LogP contribution in [0.5, 0.6) is 5.75 Å². The zero-order valence-corrected chi connectivity index (χ0v) is 16.7. The Hall–Kier alpha value is -4.00. The Morgan fingerprint density at radius 3 is 2.63 bits per heavy atom. The highest BCUT2D eigenvalue weighted by Gasteiger charge is 2.23.